The van der Waals surface area contributed by atoms with Crippen LogP contribution in [0.4, 0.5) is 5.69 Å². The van der Waals surface area contributed by atoms with Crippen LogP contribution in [0, 0.1) is 0 Å². The molecule has 1 amide bonds. The van der Waals surface area contributed by atoms with Crippen LogP contribution in [-0.2, 0) is 0 Å². The first-order valence-corrected chi connectivity index (χ1v) is 6.88. The van der Waals surface area contributed by atoms with Crippen LogP contribution < -0.4 is 5.32 Å². The number of nitrogens with one attached hydrogen (secondary N) is 1. The van der Waals surface area contributed by atoms with Gasteiger partial charge in [-0.25, -0.2) is 9.48 Å². The Morgan fingerprint density at radius 1 is 1.00 bits per heavy atom. The van der Waals surface area contributed by atoms with Crippen LogP contribution in [0.5, 0.6) is 0 Å². The lowest BCUT2D eigenvalue weighted by Crippen LogP contribution is -2.13. The molecule has 3 aromatic rings. The van der Waals surface area contributed by atoms with Gasteiger partial charge in [0.05, 0.1) is 11.3 Å². The van der Waals surface area contributed by atoms with Gasteiger partial charge in [-0.2, -0.15) is 5.10 Å². The monoisotopic (exact) mass is 307 g/mol. The summed E-state index contributed by atoms with van der Waals surface area (Å²) in [5, 5.41) is 15.8. The number of nitrogens with zero attached hydrogens (tertiary/aromatic N) is 2. The average molecular weight is 307 g/mol. The maximum Gasteiger partial charge on any atom is 0.335 e. The van der Waals surface area contributed by atoms with Crippen LogP contribution in [0.15, 0.2) is 67.0 Å². The largest absolute Gasteiger partial charge is 0.478 e. The molecule has 0 aliphatic rings. The first kappa shape index (κ1) is 14.5. The highest BCUT2D eigenvalue weighted by Gasteiger charge is 2.09. The average Bonchev–Trinajstić information content (AvgIpc) is 3.10. The van der Waals surface area contributed by atoms with Crippen molar-refractivity contribution in [1.82, 2.24) is 9.78 Å². The lowest BCUT2D eigenvalue weighted by Gasteiger charge is -2.08. The number of hydrogen-bond donors (Lipinski definition) is 2. The fourth-order valence-corrected chi connectivity index (χ4v) is 2.14. The van der Waals surface area contributed by atoms with Crippen molar-refractivity contribution in [2.24, 2.45) is 0 Å². The van der Waals surface area contributed by atoms with E-state index in [1.807, 2.05) is 6.07 Å². The second-order valence-corrected chi connectivity index (χ2v) is 4.84. The van der Waals surface area contributed by atoms with Crippen molar-refractivity contribution in [3.8, 4) is 5.69 Å². The fraction of sp³-hybridized carbons (Fsp3) is 0. The van der Waals surface area contributed by atoms with Gasteiger partial charge >= 0.3 is 5.97 Å². The molecule has 0 spiro atoms. The van der Waals surface area contributed by atoms with Crippen LogP contribution in [0.1, 0.15) is 20.7 Å². The molecular weight excluding hydrogens is 294 g/mol. The van der Waals surface area contributed by atoms with Crippen LogP contribution in [-0.4, -0.2) is 26.8 Å². The number of carbonyl (C=O) groups is 2. The zero-order valence-electron chi connectivity index (χ0n) is 12.0. The summed E-state index contributed by atoms with van der Waals surface area (Å²) in [6.45, 7) is 0. The maximum absolute atomic E-state index is 12.3. The van der Waals surface area contributed by atoms with Crippen LogP contribution in [0.2, 0.25) is 0 Å². The molecule has 0 atom stereocenters. The van der Waals surface area contributed by atoms with E-state index < -0.39 is 5.97 Å². The Morgan fingerprint density at radius 3 is 2.52 bits per heavy atom. The summed E-state index contributed by atoms with van der Waals surface area (Å²) in [4.78, 5) is 23.3. The molecule has 1 aromatic heterocycles. The smallest absolute Gasteiger partial charge is 0.335 e. The molecule has 0 saturated carbocycles. The number of aromatic carboxylic acids is 1. The number of hydrogen-bond acceptors (Lipinski definition) is 3. The Bertz CT molecular complexity index is 857. The number of anilines is 1. The van der Waals surface area contributed by atoms with E-state index in [9.17, 15) is 9.59 Å². The van der Waals surface area contributed by atoms with Gasteiger partial charge in [-0.1, -0.05) is 12.1 Å². The lowest BCUT2D eigenvalue weighted by molar-refractivity contribution is 0.0696. The SMILES string of the molecule is O=C(O)c1cccc(NC(=O)c2cccc(-n3cccn3)c2)c1. The molecule has 0 radical (unpaired) electrons. The molecule has 0 bridgehead atoms. The third kappa shape index (κ3) is 3.26. The standard InChI is InChI=1S/C17H13N3O3/c21-16(19-14-6-1-5-13(10-14)17(22)23)12-4-2-7-15(11-12)20-9-3-8-18-20/h1-11H,(H,19,21)(H,22,23). The summed E-state index contributed by atoms with van der Waals surface area (Å²) >= 11 is 0. The first-order valence-electron chi connectivity index (χ1n) is 6.88. The summed E-state index contributed by atoms with van der Waals surface area (Å²) in [5.41, 5.74) is 1.77. The number of aromatic nitrogens is 2. The van der Waals surface area contributed by atoms with Gasteiger partial charge in [0.15, 0.2) is 0 Å². The molecule has 6 nitrogen and oxygen atoms in total. The summed E-state index contributed by atoms with van der Waals surface area (Å²) in [7, 11) is 0. The van der Waals surface area contributed by atoms with Crippen molar-refractivity contribution in [2.75, 3.05) is 5.32 Å². The predicted molar refractivity (Wildman–Crippen MR) is 84.9 cm³/mol. The van der Waals surface area contributed by atoms with Crippen molar-refractivity contribution in [3.05, 3.63) is 78.1 Å². The number of amides is 1. The van der Waals surface area contributed by atoms with Gasteiger partial charge in [0.2, 0.25) is 0 Å². The van der Waals surface area contributed by atoms with Crippen molar-refractivity contribution in [3.63, 3.8) is 0 Å². The molecule has 2 aromatic carbocycles. The van der Waals surface area contributed by atoms with E-state index in [0.29, 0.717) is 11.3 Å². The van der Waals surface area contributed by atoms with Crippen molar-refractivity contribution in [1.29, 1.82) is 0 Å². The molecule has 0 saturated heterocycles. The number of carboxylic acid groups (broad SMARTS) is 1. The molecule has 6 heteroatoms. The molecule has 1 heterocycles. The molecule has 2 N–H and O–H groups in total. The van der Waals surface area contributed by atoms with Gasteiger partial charge in [0, 0.05) is 23.6 Å². The van der Waals surface area contributed by atoms with Crippen molar-refractivity contribution < 1.29 is 14.7 Å². The quantitative estimate of drug-likeness (QED) is 0.776. The normalized spacial score (nSPS) is 10.3. The Kier molecular flexibility index (Phi) is 3.88. The van der Waals surface area contributed by atoms with E-state index in [1.54, 1.807) is 53.5 Å². The Morgan fingerprint density at radius 2 is 1.78 bits per heavy atom. The number of rotatable bonds is 4. The Balaban J connectivity index is 1.82. The van der Waals surface area contributed by atoms with Gasteiger partial charge in [-0.3, -0.25) is 4.79 Å². The van der Waals surface area contributed by atoms with E-state index in [0.717, 1.165) is 5.69 Å². The van der Waals surface area contributed by atoms with Gasteiger partial charge in [-0.05, 0) is 42.5 Å². The van der Waals surface area contributed by atoms with Gasteiger partial charge < -0.3 is 10.4 Å². The summed E-state index contributed by atoms with van der Waals surface area (Å²) < 4.78 is 1.65. The van der Waals surface area contributed by atoms with Crippen molar-refractivity contribution in [2.45, 2.75) is 0 Å². The van der Waals surface area contributed by atoms with Gasteiger partial charge in [0.1, 0.15) is 0 Å². The summed E-state index contributed by atoms with van der Waals surface area (Å²) in [6, 6.07) is 14.9. The van der Waals surface area contributed by atoms with Crippen molar-refractivity contribution >= 4 is 17.6 Å². The molecule has 0 aliphatic heterocycles. The number of benzene rings is 2. The van der Waals surface area contributed by atoms with E-state index in [4.69, 9.17) is 5.11 Å². The predicted octanol–water partition coefficient (Wildman–Crippen LogP) is 2.82. The Hall–Kier alpha value is -3.41. The zero-order valence-corrected chi connectivity index (χ0v) is 12.0. The highest BCUT2D eigenvalue weighted by atomic mass is 16.4. The van der Waals surface area contributed by atoms with Gasteiger partial charge in [-0.15, -0.1) is 0 Å². The Labute approximate surface area is 132 Å². The fourth-order valence-electron chi connectivity index (χ4n) is 2.14. The maximum atomic E-state index is 12.3. The van der Waals surface area contributed by atoms with E-state index >= 15 is 0 Å². The molecule has 114 valence electrons. The third-order valence-corrected chi connectivity index (χ3v) is 3.24. The zero-order chi connectivity index (χ0) is 16.2. The molecule has 23 heavy (non-hydrogen) atoms. The second-order valence-electron chi connectivity index (χ2n) is 4.84. The minimum atomic E-state index is -1.04. The topological polar surface area (TPSA) is 84.2 Å². The summed E-state index contributed by atoms with van der Waals surface area (Å²) in [5.74, 6) is -1.36. The van der Waals surface area contributed by atoms with E-state index in [1.165, 1.54) is 12.1 Å². The first-order chi connectivity index (χ1) is 11.1. The minimum Gasteiger partial charge on any atom is -0.478 e. The molecule has 0 aliphatic carbocycles. The minimum absolute atomic E-state index is 0.119. The van der Waals surface area contributed by atoms with E-state index in [-0.39, 0.29) is 11.5 Å². The third-order valence-electron chi connectivity index (χ3n) is 3.24. The van der Waals surface area contributed by atoms with Crippen LogP contribution in [0.3, 0.4) is 0 Å². The highest BCUT2D eigenvalue weighted by molar-refractivity contribution is 6.05. The van der Waals surface area contributed by atoms with Gasteiger partial charge in [0.25, 0.3) is 5.91 Å². The lowest BCUT2D eigenvalue weighted by atomic mass is 10.1. The second kappa shape index (κ2) is 6.15. The van der Waals surface area contributed by atoms with Crippen LogP contribution in [0.25, 0.3) is 5.69 Å². The molecule has 3 rings (SSSR count). The summed E-state index contributed by atoms with van der Waals surface area (Å²) in [6.07, 6.45) is 3.44. The number of carboxylic acids is 1. The van der Waals surface area contributed by atoms with Crippen LogP contribution >= 0.6 is 0 Å². The van der Waals surface area contributed by atoms with E-state index in [2.05, 4.69) is 10.4 Å². The molecular formula is C17H13N3O3. The molecule has 0 fully saturated rings. The number of carbonyl (C=O) groups excluding carboxylic acids is 1. The molecule has 0 unspecified atom stereocenters. The highest BCUT2D eigenvalue weighted by Crippen LogP contribution is 2.14.